The molecule has 23 heavy (non-hydrogen) atoms. The maximum atomic E-state index is 12.4. The summed E-state index contributed by atoms with van der Waals surface area (Å²) >= 11 is 3.38. The summed E-state index contributed by atoms with van der Waals surface area (Å²) in [5.74, 6) is -1.15. The van der Waals surface area contributed by atoms with E-state index in [1.807, 2.05) is 24.3 Å². The number of halogens is 1. The average molecular weight is 382 g/mol. The number of Topliss-reactive ketones (excluding diaryl/α,β-unsaturated/α-hetero) is 1. The van der Waals surface area contributed by atoms with Crippen molar-refractivity contribution < 1.29 is 19.6 Å². The summed E-state index contributed by atoms with van der Waals surface area (Å²) in [5.41, 5.74) is 1.02. The Bertz CT molecular complexity index is 638. The van der Waals surface area contributed by atoms with Crippen molar-refractivity contribution in [3.8, 4) is 0 Å². The van der Waals surface area contributed by atoms with E-state index in [4.69, 9.17) is 0 Å². The number of carbonyl (C=O) groups is 2. The average Bonchev–Trinajstić information content (AvgIpc) is 2.72. The predicted molar refractivity (Wildman–Crippen MR) is 91.2 cm³/mol. The van der Waals surface area contributed by atoms with Crippen molar-refractivity contribution in [3.63, 3.8) is 0 Å². The molecule has 1 heterocycles. The van der Waals surface area contributed by atoms with Crippen LogP contribution in [0, 0.1) is 0 Å². The summed E-state index contributed by atoms with van der Waals surface area (Å²) in [6.07, 6.45) is 0.805. The second-order valence-corrected chi connectivity index (χ2v) is 7.00. The quantitative estimate of drug-likeness (QED) is 0.779. The molecule has 1 aliphatic rings. The zero-order chi connectivity index (χ0) is 17.1. The molecular formula is C17H22BrN2O3+. The van der Waals surface area contributed by atoms with Gasteiger partial charge in [-0.2, -0.15) is 0 Å². The molecule has 0 fully saturated rings. The number of amides is 1. The summed E-state index contributed by atoms with van der Waals surface area (Å²) in [6.45, 7) is 2.80. The summed E-state index contributed by atoms with van der Waals surface area (Å²) in [6, 6.07) is 6.97. The first kappa shape index (κ1) is 17.7. The SMILES string of the molecule is CC(=O)C1=C(O)C(=O)N(CCC[NH+](C)C)[C@@H]1c1ccc(Br)cc1. The van der Waals surface area contributed by atoms with Gasteiger partial charge in [-0.25, -0.2) is 0 Å². The molecule has 1 aromatic rings. The molecule has 124 valence electrons. The fraction of sp³-hybridized carbons (Fsp3) is 0.412. The van der Waals surface area contributed by atoms with Crippen LogP contribution in [0.15, 0.2) is 40.1 Å². The minimum atomic E-state index is -0.509. The molecule has 2 rings (SSSR count). The van der Waals surface area contributed by atoms with E-state index in [0.29, 0.717) is 6.54 Å². The van der Waals surface area contributed by atoms with Crippen LogP contribution in [-0.2, 0) is 9.59 Å². The van der Waals surface area contributed by atoms with Gasteiger partial charge >= 0.3 is 0 Å². The van der Waals surface area contributed by atoms with Crippen LogP contribution < -0.4 is 4.90 Å². The second-order valence-electron chi connectivity index (χ2n) is 6.08. The van der Waals surface area contributed by atoms with E-state index >= 15 is 0 Å². The molecule has 0 aromatic heterocycles. The van der Waals surface area contributed by atoms with Crippen molar-refractivity contribution in [3.05, 3.63) is 45.6 Å². The number of aliphatic hydroxyl groups excluding tert-OH is 1. The summed E-state index contributed by atoms with van der Waals surface area (Å²) in [7, 11) is 4.10. The molecule has 5 nitrogen and oxygen atoms in total. The highest BCUT2D eigenvalue weighted by molar-refractivity contribution is 9.10. The Kier molecular flexibility index (Phi) is 5.59. The van der Waals surface area contributed by atoms with Crippen LogP contribution in [0.3, 0.4) is 0 Å². The number of hydrogen-bond acceptors (Lipinski definition) is 3. The Morgan fingerprint density at radius 2 is 1.91 bits per heavy atom. The van der Waals surface area contributed by atoms with E-state index in [-0.39, 0.29) is 11.4 Å². The first-order valence-electron chi connectivity index (χ1n) is 7.62. The van der Waals surface area contributed by atoms with E-state index < -0.39 is 17.7 Å². The minimum Gasteiger partial charge on any atom is -0.503 e. The molecule has 0 saturated heterocycles. The number of aliphatic hydroxyl groups is 1. The lowest BCUT2D eigenvalue weighted by Crippen LogP contribution is -3.05. The number of quaternary nitrogens is 1. The molecule has 0 spiro atoms. The van der Waals surface area contributed by atoms with Gasteiger partial charge in [0.05, 0.1) is 32.3 Å². The van der Waals surface area contributed by atoms with E-state index in [9.17, 15) is 14.7 Å². The fourth-order valence-corrected chi connectivity index (χ4v) is 3.10. The molecule has 1 atom stereocenters. The number of benzene rings is 1. The third-order valence-corrected chi connectivity index (χ3v) is 4.47. The summed E-state index contributed by atoms with van der Waals surface area (Å²) in [5, 5.41) is 10.1. The number of nitrogens with zero attached hydrogens (tertiary/aromatic N) is 1. The number of ketones is 1. The number of nitrogens with one attached hydrogen (secondary N) is 1. The number of carbonyl (C=O) groups excluding carboxylic acids is 2. The summed E-state index contributed by atoms with van der Waals surface area (Å²) in [4.78, 5) is 27.3. The highest BCUT2D eigenvalue weighted by Gasteiger charge is 2.41. The summed E-state index contributed by atoms with van der Waals surface area (Å²) < 4.78 is 0.922. The fourth-order valence-electron chi connectivity index (χ4n) is 2.84. The first-order valence-corrected chi connectivity index (χ1v) is 8.41. The van der Waals surface area contributed by atoms with Crippen molar-refractivity contribution >= 4 is 27.6 Å². The molecule has 0 radical (unpaired) electrons. The zero-order valence-electron chi connectivity index (χ0n) is 13.6. The molecule has 0 bridgehead atoms. The molecule has 1 amide bonds. The number of rotatable bonds is 6. The van der Waals surface area contributed by atoms with E-state index in [0.717, 1.165) is 23.0 Å². The van der Waals surface area contributed by atoms with Gasteiger partial charge in [0.1, 0.15) is 0 Å². The van der Waals surface area contributed by atoms with Crippen LogP contribution in [0.2, 0.25) is 0 Å². The number of hydrogen-bond donors (Lipinski definition) is 2. The Morgan fingerprint density at radius 1 is 1.30 bits per heavy atom. The molecule has 0 unspecified atom stereocenters. The van der Waals surface area contributed by atoms with Gasteiger partial charge in [-0.3, -0.25) is 9.59 Å². The van der Waals surface area contributed by atoms with Crippen molar-refractivity contribution in [2.75, 3.05) is 27.2 Å². The van der Waals surface area contributed by atoms with Crippen LogP contribution in [0.5, 0.6) is 0 Å². The van der Waals surface area contributed by atoms with Gasteiger partial charge in [-0.15, -0.1) is 0 Å². The van der Waals surface area contributed by atoms with Gasteiger partial charge < -0.3 is 14.9 Å². The monoisotopic (exact) mass is 381 g/mol. The zero-order valence-corrected chi connectivity index (χ0v) is 15.2. The van der Waals surface area contributed by atoms with Crippen molar-refractivity contribution in [2.45, 2.75) is 19.4 Å². The Hall–Kier alpha value is -1.66. The van der Waals surface area contributed by atoms with Gasteiger partial charge in [0.2, 0.25) is 0 Å². The normalized spacial score (nSPS) is 18.2. The van der Waals surface area contributed by atoms with Crippen LogP contribution >= 0.6 is 15.9 Å². The van der Waals surface area contributed by atoms with E-state index in [1.165, 1.54) is 11.8 Å². The molecule has 0 aliphatic carbocycles. The second kappa shape index (κ2) is 7.27. The third kappa shape index (κ3) is 3.82. The lowest BCUT2D eigenvalue weighted by atomic mass is 9.97. The van der Waals surface area contributed by atoms with Gasteiger partial charge in [-0.05, 0) is 24.6 Å². The lowest BCUT2D eigenvalue weighted by Gasteiger charge is -2.26. The van der Waals surface area contributed by atoms with E-state index in [1.54, 1.807) is 4.90 Å². The van der Waals surface area contributed by atoms with Crippen molar-refractivity contribution in [2.24, 2.45) is 0 Å². The van der Waals surface area contributed by atoms with Gasteiger partial charge in [0.25, 0.3) is 5.91 Å². The molecular weight excluding hydrogens is 360 g/mol. The molecule has 2 N–H and O–H groups in total. The lowest BCUT2D eigenvalue weighted by molar-refractivity contribution is -0.858. The topological polar surface area (TPSA) is 62.0 Å². The van der Waals surface area contributed by atoms with Crippen molar-refractivity contribution in [1.82, 2.24) is 4.90 Å². The van der Waals surface area contributed by atoms with Gasteiger partial charge in [0.15, 0.2) is 11.5 Å². The maximum Gasteiger partial charge on any atom is 0.290 e. The molecule has 1 aliphatic heterocycles. The smallest absolute Gasteiger partial charge is 0.290 e. The van der Waals surface area contributed by atoms with Crippen molar-refractivity contribution in [1.29, 1.82) is 0 Å². The van der Waals surface area contributed by atoms with Crippen LogP contribution in [0.1, 0.15) is 24.9 Å². The molecule has 0 saturated carbocycles. The third-order valence-electron chi connectivity index (χ3n) is 3.94. The standard InChI is InChI=1S/C17H21BrN2O3/c1-11(21)14-15(12-5-7-13(18)8-6-12)20(17(23)16(14)22)10-4-9-19(2)3/h5-8,15,22H,4,9-10H2,1-3H3/p+1/t15-/m1/s1. The maximum absolute atomic E-state index is 12.4. The molecule has 1 aromatic carbocycles. The first-order chi connectivity index (χ1) is 10.8. The van der Waals surface area contributed by atoms with Gasteiger partial charge in [-0.1, -0.05) is 28.1 Å². The minimum absolute atomic E-state index is 0.189. The molecule has 6 heteroatoms. The Balaban J connectivity index is 2.34. The predicted octanol–water partition coefficient (Wildman–Crippen LogP) is 1.27. The van der Waals surface area contributed by atoms with Gasteiger partial charge in [0, 0.05) is 17.4 Å². The highest BCUT2D eigenvalue weighted by Crippen LogP contribution is 2.37. The highest BCUT2D eigenvalue weighted by atomic mass is 79.9. The van der Waals surface area contributed by atoms with E-state index in [2.05, 4.69) is 30.0 Å². The van der Waals surface area contributed by atoms with Crippen LogP contribution in [0.25, 0.3) is 0 Å². The Morgan fingerprint density at radius 3 is 2.43 bits per heavy atom. The van der Waals surface area contributed by atoms with Crippen LogP contribution in [0.4, 0.5) is 0 Å². The Labute approximate surface area is 144 Å². The largest absolute Gasteiger partial charge is 0.503 e. The van der Waals surface area contributed by atoms with Crippen LogP contribution in [-0.4, -0.2) is 48.9 Å².